The van der Waals surface area contributed by atoms with Gasteiger partial charge in [0.2, 0.25) is 0 Å². The lowest BCUT2D eigenvalue weighted by Crippen LogP contribution is -2.40. The molecule has 1 aromatic rings. The monoisotopic (exact) mass is 314 g/mol. The van der Waals surface area contributed by atoms with Gasteiger partial charge in [-0.05, 0) is 31.7 Å². The molecule has 21 heavy (non-hydrogen) atoms. The molecule has 1 amide bonds. The van der Waals surface area contributed by atoms with Gasteiger partial charge in [0.15, 0.2) is 0 Å². The number of rotatable bonds is 3. The van der Waals surface area contributed by atoms with Crippen LogP contribution in [-0.2, 0) is 0 Å². The third-order valence-electron chi connectivity index (χ3n) is 3.63. The lowest BCUT2D eigenvalue weighted by Gasteiger charge is -2.26. The van der Waals surface area contributed by atoms with E-state index in [1.165, 1.54) is 18.2 Å². The van der Waals surface area contributed by atoms with Crippen molar-refractivity contribution in [1.82, 2.24) is 5.32 Å². The number of nitrogens with one attached hydrogen (secondary N) is 1. The molecule has 0 unspecified atom stereocenters. The maximum atomic E-state index is 12.1. The number of hydrogen-bond acceptors (Lipinski definition) is 5. The van der Waals surface area contributed by atoms with Crippen LogP contribution in [0.2, 0.25) is 0 Å². The van der Waals surface area contributed by atoms with Crippen molar-refractivity contribution in [2.24, 2.45) is 5.73 Å². The second-order valence-corrected chi connectivity index (χ2v) is 5.08. The molecule has 0 aromatic heterocycles. The van der Waals surface area contributed by atoms with E-state index < -0.39 is 4.92 Å². The molecule has 1 fully saturated rings. The van der Waals surface area contributed by atoms with E-state index in [2.05, 4.69) is 5.32 Å². The molecule has 2 rings (SSSR count). The van der Waals surface area contributed by atoms with Gasteiger partial charge < -0.3 is 16.8 Å². The first-order chi connectivity index (χ1) is 9.49. The summed E-state index contributed by atoms with van der Waals surface area (Å²) in [6.07, 6.45) is 3.38. The quantitative estimate of drug-likeness (QED) is 0.444. The fourth-order valence-corrected chi connectivity index (χ4v) is 2.44. The normalized spacial score (nSPS) is 21.2. The van der Waals surface area contributed by atoms with Crippen LogP contribution < -0.4 is 16.8 Å². The van der Waals surface area contributed by atoms with Crippen LogP contribution in [-0.4, -0.2) is 22.9 Å². The number of nitrogen functional groups attached to an aromatic ring is 1. The Morgan fingerprint density at radius 2 is 1.90 bits per heavy atom. The minimum Gasteiger partial charge on any atom is -0.393 e. The highest BCUT2D eigenvalue weighted by Gasteiger charge is 2.23. The molecule has 0 spiro atoms. The van der Waals surface area contributed by atoms with Crippen molar-refractivity contribution < 1.29 is 9.72 Å². The summed E-state index contributed by atoms with van der Waals surface area (Å²) in [4.78, 5) is 22.4. The van der Waals surface area contributed by atoms with Crippen molar-refractivity contribution in [3.05, 3.63) is 33.9 Å². The Morgan fingerprint density at radius 3 is 2.48 bits per heavy atom. The molecule has 0 aliphatic heterocycles. The van der Waals surface area contributed by atoms with Crippen molar-refractivity contribution in [1.29, 1.82) is 0 Å². The molecule has 1 aliphatic carbocycles. The van der Waals surface area contributed by atoms with Crippen molar-refractivity contribution in [3.63, 3.8) is 0 Å². The average molecular weight is 315 g/mol. The molecule has 116 valence electrons. The fraction of sp³-hybridized carbons (Fsp3) is 0.462. The summed E-state index contributed by atoms with van der Waals surface area (Å²) in [6.45, 7) is 0. The van der Waals surface area contributed by atoms with Crippen LogP contribution in [0.1, 0.15) is 36.0 Å². The first-order valence-corrected chi connectivity index (χ1v) is 6.58. The standard InChI is InChI=1S/C13H18N4O3.ClH/c14-8-4-6-9(7-5-8)16-13(18)10-2-1-3-11(12(10)15)17(19)20;/h1-3,8-9H,4-7,14-15H2,(H,16,18);1H. The lowest BCUT2D eigenvalue weighted by molar-refractivity contribution is -0.383. The highest BCUT2D eigenvalue weighted by atomic mass is 35.5. The molecule has 7 nitrogen and oxygen atoms in total. The van der Waals surface area contributed by atoms with E-state index in [9.17, 15) is 14.9 Å². The summed E-state index contributed by atoms with van der Waals surface area (Å²) in [7, 11) is 0. The van der Waals surface area contributed by atoms with Crippen molar-refractivity contribution in [2.75, 3.05) is 5.73 Å². The van der Waals surface area contributed by atoms with Crippen LogP contribution >= 0.6 is 12.4 Å². The van der Waals surface area contributed by atoms with Crippen LogP contribution in [0.3, 0.4) is 0 Å². The summed E-state index contributed by atoms with van der Waals surface area (Å²) in [5, 5.41) is 13.7. The van der Waals surface area contributed by atoms with E-state index in [4.69, 9.17) is 11.5 Å². The minimum absolute atomic E-state index is 0. The number of halogens is 1. The molecule has 8 heteroatoms. The van der Waals surface area contributed by atoms with Crippen LogP contribution in [0.5, 0.6) is 0 Å². The average Bonchev–Trinajstić information content (AvgIpc) is 2.41. The Bertz CT molecular complexity index is 530. The molecule has 1 aromatic carbocycles. The summed E-state index contributed by atoms with van der Waals surface area (Å²) in [6, 6.07) is 4.49. The largest absolute Gasteiger partial charge is 0.393 e. The predicted octanol–water partition coefficient (Wildman–Crippen LogP) is 1.60. The zero-order chi connectivity index (χ0) is 14.7. The van der Waals surface area contributed by atoms with Gasteiger partial charge in [0.1, 0.15) is 5.69 Å². The third kappa shape index (κ3) is 4.05. The number of benzene rings is 1. The Hall–Kier alpha value is -1.86. The number of nitrogens with two attached hydrogens (primary N) is 2. The summed E-state index contributed by atoms with van der Waals surface area (Å²) >= 11 is 0. The second kappa shape index (κ2) is 7.24. The molecule has 1 aliphatic rings. The molecule has 1 saturated carbocycles. The fourth-order valence-electron chi connectivity index (χ4n) is 2.44. The number of hydrogen-bond donors (Lipinski definition) is 3. The Kier molecular flexibility index (Phi) is 5.92. The maximum Gasteiger partial charge on any atom is 0.292 e. The first-order valence-electron chi connectivity index (χ1n) is 6.58. The third-order valence-corrected chi connectivity index (χ3v) is 3.63. The van der Waals surface area contributed by atoms with Crippen molar-refractivity contribution in [3.8, 4) is 0 Å². The highest BCUT2D eigenvalue weighted by Crippen LogP contribution is 2.25. The summed E-state index contributed by atoms with van der Waals surface area (Å²) < 4.78 is 0. The molecular formula is C13H19ClN4O3. The summed E-state index contributed by atoms with van der Waals surface area (Å²) in [5.41, 5.74) is 11.3. The molecule has 0 saturated heterocycles. The molecule has 0 radical (unpaired) electrons. The molecule has 0 atom stereocenters. The van der Waals surface area contributed by atoms with Gasteiger partial charge in [-0.25, -0.2) is 0 Å². The van der Waals surface area contributed by atoms with Crippen LogP contribution in [0.4, 0.5) is 11.4 Å². The van der Waals surface area contributed by atoms with Gasteiger partial charge in [-0.3, -0.25) is 14.9 Å². The Balaban J connectivity index is 0.00000220. The first kappa shape index (κ1) is 17.2. The smallest absolute Gasteiger partial charge is 0.292 e. The zero-order valence-electron chi connectivity index (χ0n) is 11.5. The van der Waals surface area contributed by atoms with Gasteiger partial charge in [-0.15, -0.1) is 12.4 Å². The number of carbonyl (C=O) groups excluding carboxylic acids is 1. The molecule has 5 N–H and O–H groups in total. The molecule has 0 heterocycles. The number of nitrogens with zero attached hydrogens (tertiary/aromatic N) is 1. The minimum atomic E-state index is -0.592. The number of carbonyl (C=O) groups is 1. The van der Waals surface area contributed by atoms with Crippen LogP contribution in [0.15, 0.2) is 18.2 Å². The topological polar surface area (TPSA) is 124 Å². The van der Waals surface area contributed by atoms with Crippen molar-refractivity contribution >= 4 is 29.7 Å². The lowest BCUT2D eigenvalue weighted by atomic mass is 9.91. The van der Waals surface area contributed by atoms with Gasteiger partial charge in [-0.2, -0.15) is 0 Å². The molecule has 0 bridgehead atoms. The van der Waals surface area contributed by atoms with Gasteiger partial charge in [0.05, 0.1) is 10.5 Å². The van der Waals surface area contributed by atoms with Crippen LogP contribution in [0.25, 0.3) is 0 Å². The van der Waals surface area contributed by atoms with Gasteiger partial charge in [0.25, 0.3) is 11.6 Å². The van der Waals surface area contributed by atoms with E-state index >= 15 is 0 Å². The predicted molar refractivity (Wildman–Crippen MR) is 82.5 cm³/mol. The maximum absolute atomic E-state index is 12.1. The van der Waals surface area contributed by atoms with Gasteiger partial charge in [-0.1, -0.05) is 6.07 Å². The van der Waals surface area contributed by atoms with E-state index in [-0.39, 0.29) is 47.3 Å². The second-order valence-electron chi connectivity index (χ2n) is 5.08. The number of amides is 1. The van der Waals surface area contributed by atoms with E-state index in [0.717, 1.165) is 25.7 Å². The van der Waals surface area contributed by atoms with E-state index in [0.29, 0.717) is 0 Å². The number of nitro groups is 1. The zero-order valence-corrected chi connectivity index (χ0v) is 12.3. The number of anilines is 1. The highest BCUT2D eigenvalue weighted by molar-refractivity contribution is 6.01. The van der Waals surface area contributed by atoms with E-state index in [1.54, 1.807) is 0 Å². The van der Waals surface area contributed by atoms with Gasteiger partial charge in [0, 0.05) is 18.2 Å². The Morgan fingerprint density at radius 1 is 1.29 bits per heavy atom. The van der Waals surface area contributed by atoms with Gasteiger partial charge >= 0.3 is 0 Å². The summed E-state index contributed by atoms with van der Waals surface area (Å²) in [5.74, 6) is -0.369. The van der Waals surface area contributed by atoms with E-state index in [1.807, 2.05) is 0 Å². The molecular weight excluding hydrogens is 296 g/mol. The van der Waals surface area contributed by atoms with Crippen molar-refractivity contribution in [2.45, 2.75) is 37.8 Å². The van der Waals surface area contributed by atoms with Crippen LogP contribution in [0, 0.1) is 10.1 Å². The Labute approximate surface area is 128 Å². The SMILES string of the molecule is Cl.Nc1c(C(=O)NC2CCC(N)CC2)cccc1[N+](=O)[O-]. The number of nitro benzene ring substituents is 1. The number of para-hydroxylation sites is 1.